The molecule has 1 aromatic heterocycles. The Morgan fingerprint density at radius 1 is 1.35 bits per heavy atom. The fourth-order valence-corrected chi connectivity index (χ4v) is 3.02. The first-order valence-corrected chi connectivity index (χ1v) is 8.01. The molecule has 0 unspecified atom stereocenters. The Labute approximate surface area is 128 Å². The van der Waals surface area contributed by atoms with Gasteiger partial charge in [0, 0.05) is 29.6 Å². The minimum atomic E-state index is 0.0611. The van der Waals surface area contributed by atoms with Crippen molar-refractivity contribution in [3.05, 3.63) is 40.9 Å². The van der Waals surface area contributed by atoms with E-state index in [0.717, 1.165) is 16.3 Å². The van der Waals surface area contributed by atoms with Crippen LogP contribution in [0.1, 0.15) is 29.9 Å². The van der Waals surface area contributed by atoms with Gasteiger partial charge in [-0.1, -0.05) is 12.1 Å². The summed E-state index contributed by atoms with van der Waals surface area (Å²) in [6.07, 6.45) is 0. The highest BCUT2D eigenvalue weighted by Crippen LogP contribution is 2.25. The van der Waals surface area contributed by atoms with Crippen LogP contribution < -0.4 is 0 Å². The third-order valence-electron chi connectivity index (χ3n) is 3.10. The highest BCUT2D eigenvalue weighted by atomic mass is 35.5. The van der Waals surface area contributed by atoms with Gasteiger partial charge in [0.2, 0.25) is 0 Å². The van der Waals surface area contributed by atoms with Crippen molar-refractivity contribution < 1.29 is 4.79 Å². The molecule has 106 valence electrons. The Balaban J connectivity index is 2.30. The fraction of sp³-hybridized carbons (Fsp3) is 0.333. The molecule has 0 fully saturated rings. The first-order valence-electron chi connectivity index (χ1n) is 6.59. The summed E-state index contributed by atoms with van der Waals surface area (Å²) in [7, 11) is 0. The Kier molecular flexibility index (Phi) is 5.15. The number of thiazole rings is 1. The van der Waals surface area contributed by atoms with Gasteiger partial charge in [0.1, 0.15) is 5.01 Å². The van der Waals surface area contributed by atoms with Gasteiger partial charge in [-0.05, 0) is 26.0 Å². The van der Waals surface area contributed by atoms with Crippen molar-refractivity contribution in [2.24, 2.45) is 0 Å². The summed E-state index contributed by atoms with van der Waals surface area (Å²) in [6, 6.07) is 7.61. The summed E-state index contributed by atoms with van der Waals surface area (Å²) in [5, 5.41) is 2.84. The molecule has 0 atom stereocenters. The van der Waals surface area contributed by atoms with Gasteiger partial charge < -0.3 is 4.90 Å². The van der Waals surface area contributed by atoms with Crippen molar-refractivity contribution in [1.29, 1.82) is 0 Å². The van der Waals surface area contributed by atoms with E-state index >= 15 is 0 Å². The van der Waals surface area contributed by atoms with Gasteiger partial charge in [-0.2, -0.15) is 0 Å². The van der Waals surface area contributed by atoms with Crippen LogP contribution >= 0.6 is 22.9 Å². The van der Waals surface area contributed by atoms with E-state index in [0.29, 0.717) is 24.5 Å². The van der Waals surface area contributed by atoms with E-state index in [1.165, 1.54) is 0 Å². The molecule has 3 nitrogen and oxygen atoms in total. The highest BCUT2D eigenvalue weighted by molar-refractivity contribution is 7.13. The first kappa shape index (κ1) is 15.0. The molecule has 0 saturated carbocycles. The van der Waals surface area contributed by atoms with Crippen molar-refractivity contribution >= 4 is 28.8 Å². The highest BCUT2D eigenvalue weighted by Gasteiger charge is 2.13. The monoisotopic (exact) mass is 308 g/mol. The van der Waals surface area contributed by atoms with Crippen LogP contribution in [0.4, 0.5) is 0 Å². The van der Waals surface area contributed by atoms with Crippen molar-refractivity contribution in [2.45, 2.75) is 19.7 Å². The molecule has 0 saturated heterocycles. The summed E-state index contributed by atoms with van der Waals surface area (Å²) in [5.41, 5.74) is 2.53. The van der Waals surface area contributed by atoms with Crippen LogP contribution in [0.15, 0.2) is 29.6 Å². The number of hydrogen-bond acceptors (Lipinski definition) is 3. The summed E-state index contributed by atoms with van der Waals surface area (Å²) in [5.74, 6) is 0.472. The molecule has 0 bridgehead atoms. The Morgan fingerprint density at radius 3 is 2.70 bits per heavy atom. The standard InChI is InChI=1S/C15H17ClN2OS/c1-3-18(4-2)15(19)12-7-5-6-11(8-12)14-17-13(9-16)10-20-14/h5-8,10H,3-4,9H2,1-2H3. The maximum Gasteiger partial charge on any atom is 0.253 e. The minimum absolute atomic E-state index is 0.0611. The predicted octanol–water partition coefficient (Wildman–Crippen LogP) is 4.03. The molecule has 0 radical (unpaired) electrons. The van der Waals surface area contributed by atoms with Gasteiger partial charge in [-0.15, -0.1) is 22.9 Å². The molecule has 1 amide bonds. The van der Waals surface area contributed by atoms with Crippen molar-refractivity contribution in [3.8, 4) is 10.6 Å². The van der Waals surface area contributed by atoms with Crippen LogP contribution in [0.5, 0.6) is 0 Å². The van der Waals surface area contributed by atoms with E-state index in [1.807, 2.05) is 48.4 Å². The normalized spacial score (nSPS) is 10.6. The number of carbonyl (C=O) groups excluding carboxylic acids is 1. The largest absolute Gasteiger partial charge is 0.339 e. The number of amides is 1. The molecule has 2 rings (SSSR count). The number of benzene rings is 1. The van der Waals surface area contributed by atoms with E-state index in [9.17, 15) is 4.79 Å². The lowest BCUT2D eigenvalue weighted by Crippen LogP contribution is -2.30. The molecular weight excluding hydrogens is 292 g/mol. The predicted molar refractivity (Wildman–Crippen MR) is 84.4 cm³/mol. The summed E-state index contributed by atoms with van der Waals surface area (Å²) in [4.78, 5) is 18.6. The van der Waals surface area contributed by atoms with E-state index < -0.39 is 0 Å². The topological polar surface area (TPSA) is 33.2 Å². The van der Waals surface area contributed by atoms with E-state index in [1.54, 1.807) is 11.3 Å². The molecule has 1 aromatic carbocycles. The third kappa shape index (κ3) is 3.19. The Morgan fingerprint density at radius 2 is 2.10 bits per heavy atom. The third-order valence-corrected chi connectivity index (χ3v) is 4.31. The lowest BCUT2D eigenvalue weighted by Gasteiger charge is -2.18. The van der Waals surface area contributed by atoms with Crippen molar-refractivity contribution in [1.82, 2.24) is 9.88 Å². The second-order valence-electron chi connectivity index (χ2n) is 4.34. The van der Waals surface area contributed by atoms with Gasteiger partial charge in [0.25, 0.3) is 5.91 Å². The number of rotatable bonds is 5. The van der Waals surface area contributed by atoms with Gasteiger partial charge in [-0.25, -0.2) is 4.98 Å². The van der Waals surface area contributed by atoms with Crippen LogP contribution in [-0.2, 0) is 5.88 Å². The number of aromatic nitrogens is 1. The molecule has 0 spiro atoms. The second kappa shape index (κ2) is 6.86. The lowest BCUT2D eigenvalue weighted by molar-refractivity contribution is 0.0773. The number of carbonyl (C=O) groups is 1. The number of hydrogen-bond donors (Lipinski definition) is 0. The maximum absolute atomic E-state index is 12.3. The zero-order valence-electron chi connectivity index (χ0n) is 11.6. The lowest BCUT2D eigenvalue weighted by atomic mass is 10.1. The molecule has 0 aliphatic heterocycles. The maximum atomic E-state index is 12.3. The van der Waals surface area contributed by atoms with Crippen LogP contribution in [0.2, 0.25) is 0 Å². The zero-order valence-corrected chi connectivity index (χ0v) is 13.2. The quantitative estimate of drug-likeness (QED) is 0.781. The van der Waals surface area contributed by atoms with Gasteiger partial charge >= 0.3 is 0 Å². The number of halogens is 1. The smallest absolute Gasteiger partial charge is 0.253 e. The van der Waals surface area contributed by atoms with Crippen LogP contribution in [0.25, 0.3) is 10.6 Å². The average molecular weight is 309 g/mol. The average Bonchev–Trinajstić information content (AvgIpc) is 2.97. The van der Waals surface area contributed by atoms with Crippen LogP contribution in [-0.4, -0.2) is 28.9 Å². The molecular formula is C15H17ClN2OS. The first-order chi connectivity index (χ1) is 9.69. The number of alkyl halides is 1. The molecule has 0 aliphatic carbocycles. The van der Waals surface area contributed by atoms with Crippen LogP contribution in [0, 0.1) is 0 Å². The Bertz CT molecular complexity index is 593. The van der Waals surface area contributed by atoms with Crippen molar-refractivity contribution in [3.63, 3.8) is 0 Å². The summed E-state index contributed by atoms with van der Waals surface area (Å²) >= 11 is 7.32. The van der Waals surface area contributed by atoms with E-state index in [2.05, 4.69) is 4.98 Å². The molecule has 0 aliphatic rings. The zero-order chi connectivity index (χ0) is 14.5. The van der Waals surface area contributed by atoms with Crippen LogP contribution in [0.3, 0.4) is 0 Å². The molecule has 5 heteroatoms. The minimum Gasteiger partial charge on any atom is -0.339 e. The molecule has 20 heavy (non-hydrogen) atoms. The summed E-state index contributed by atoms with van der Waals surface area (Å²) < 4.78 is 0. The summed E-state index contributed by atoms with van der Waals surface area (Å²) in [6.45, 7) is 5.40. The SMILES string of the molecule is CCN(CC)C(=O)c1cccc(-c2nc(CCl)cs2)c1. The molecule has 0 N–H and O–H groups in total. The van der Waals surface area contributed by atoms with Gasteiger partial charge in [0.05, 0.1) is 11.6 Å². The second-order valence-corrected chi connectivity index (χ2v) is 5.46. The Hall–Kier alpha value is -1.39. The fourth-order valence-electron chi connectivity index (χ4n) is 1.98. The van der Waals surface area contributed by atoms with Crippen molar-refractivity contribution in [2.75, 3.05) is 13.1 Å². The van der Waals surface area contributed by atoms with Gasteiger partial charge in [-0.3, -0.25) is 4.79 Å². The van der Waals surface area contributed by atoms with Gasteiger partial charge in [0.15, 0.2) is 0 Å². The van der Waals surface area contributed by atoms with E-state index in [-0.39, 0.29) is 5.91 Å². The van der Waals surface area contributed by atoms with E-state index in [4.69, 9.17) is 11.6 Å². The molecule has 2 aromatic rings. The number of nitrogens with zero attached hydrogens (tertiary/aromatic N) is 2. The molecule has 1 heterocycles.